The molecule has 0 saturated carbocycles. The van der Waals surface area contributed by atoms with E-state index in [0.717, 1.165) is 48.6 Å². The first kappa shape index (κ1) is 19.5. The van der Waals surface area contributed by atoms with Gasteiger partial charge >= 0.3 is 0 Å². The van der Waals surface area contributed by atoms with Gasteiger partial charge in [0.1, 0.15) is 17.1 Å². The largest absolute Gasteiger partial charge is 0.497 e. The van der Waals surface area contributed by atoms with Crippen molar-refractivity contribution < 1.29 is 19.7 Å². The zero-order chi connectivity index (χ0) is 19.7. The van der Waals surface area contributed by atoms with E-state index in [2.05, 4.69) is 4.90 Å². The Balaban J connectivity index is 1.38. The fraction of sp³-hybridized carbons (Fsp3) is 0.455. The first-order valence-electron chi connectivity index (χ1n) is 9.69. The van der Waals surface area contributed by atoms with E-state index in [1.165, 1.54) is 0 Å². The Morgan fingerprint density at radius 1 is 1.25 bits per heavy atom. The molecule has 2 aromatic carbocycles. The number of benzene rings is 2. The number of hydrogen-bond donors (Lipinski definition) is 2. The summed E-state index contributed by atoms with van der Waals surface area (Å²) in [6, 6.07) is 13.0. The number of β-amino-alcohol motifs (C(OH)–C–C–N with tert-alkyl or cyclic N) is 1. The van der Waals surface area contributed by atoms with Crippen LogP contribution >= 0.6 is 11.6 Å². The quantitative estimate of drug-likeness (QED) is 0.814. The monoisotopic (exact) mass is 403 g/mol. The maximum absolute atomic E-state index is 10.6. The molecule has 28 heavy (non-hydrogen) atoms. The van der Waals surface area contributed by atoms with Crippen molar-refractivity contribution >= 4 is 11.6 Å². The van der Waals surface area contributed by atoms with Crippen molar-refractivity contribution in [3.8, 4) is 11.5 Å². The van der Waals surface area contributed by atoms with Crippen molar-refractivity contribution in [2.24, 2.45) is 0 Å². The van der Waals surface area contributed by atoms with E-state index < -0.39 is 12.2 Å². The lowest BCUT2D eigenvalue weighted by atomic mass is 9.81. The Labute approximate surface area is 170 Å². The molecule has 2 aliphatic rings. The Kier molecular flexibility index (Phi) is 5.52. The van der Waals surface area contributed by atoms with Crippen molar-refractivity contribution in [2.75, 3.05) is 26.7 Å². The third-order valence-electron chi connectivity index (χ3n) is 5.90. The van der Waals surface area contributed by atoms with Crippen LogP contribution in [0.3, 0.4) is 0 Å². The van der Waals surface area contributed by atoms with Crippen LogP contribution in [0.2, 0.25) is 5.02 Å². The van der Waals surface area contributed by atoms with Gasteiger partial charge in [0.25, 0.3) is 0 Å². The number of aliphatic hydroxyl groups is 2. The SMILES string of the molecule is COc1cccc([C@@H](O)CN2CCC3(CC2)C[C@@H](O)c2cc(Cl)ccc2O3)c1. The molecule has 1 fully saturated rings. The predicted octanol–water partition coefficient (Wildman–Crippen LogP) is 3.73. The molecule has 0 aliphatic carbocycles. The van der Waals surface area contributed by atoms with Gasteiger partial charge in [-0.05, 0) is 48.7 Å². The number of hydrogen-bond acceptors (Lipinski definition) is 5. The highest BCUT2D eigenvalue weighted by Gasteiger charge is 2.43. The third-order valence-corrected chi connectivity index (χ3v) is 6.13. The number of nitrogens with zero attached hydrogens (tertiary/aromatic N) is 1. The molecule has 2 aromatic rings. The summed E-state index contributed by atoms with van der Waals surface area (Å²) in [6.45, 7) is 2.20. The second-order valence-corrected chi connectivity index (χ2v) is 8.22. The number of halogens is 1. The van der Waals surface area contributed by atoms with Crippen LogP contribution in [0, 0.1) is 0 Å². The Morgan fingerprint density at radius 3 is 2.79 bits per heavy atom. The molecule has 6 heteroatoms. The van der Waals surface area contributed by atoms with Gasteiger partial charge in [-0.2, -0.15) is 0 Å². The number of methoxy groups -OCH3 is 1. The van der Waals surface area contributed by atoms with Crippen LogP contribution in [0.15, 0.2) is 42.5 Å². The molecular formula is C22H26ClNO4. The molecule has 0 radical (unpaired) electrons. The van der Waals surface area contributed by atoms with E-state index in [9.17, 15) is 10.2 Å². The minimum Gasteiger partial charge on any atom is -0.497 e. The van der Waals surface area contributed by atoms with Gasteiger partial charge in [-0.3, -0.25) is 0 Å². The van der Waals surface area contributed by atoms with Crippen LogP contribution in [-0.4, -0.2) is 47.5 Å². The number of likely N-dealkylation sites (tertiary alicyclic amines) is 1. The number of piperidine rings is 1. The minimum atomic E-state index is -0.565. The standard InChI is InChI=1S/C22H26ClNO4/c1-27-17-4-2-3-15(11-17)20(26)14-24-9-7-22(8-10-24)13-19(25)18-12-16(23)5-6-21(18)28-22/h2-6,11-12,19-20,25-26H,7-10,13-14H2,1H3/t19-,20+/m1/s1. The summed E-state index contributed by atoms with van der Waals surface area (Å²) in [5.41, 5.74) is 1.28. The van der Waals surface area contributed by atoms with E-state index >= 15 is 0 Å². The molecule has 0 unspecified atom stereocenters. The van der Waals surface area contributed by atoms with Crippen LogP contribution < -0.4 is 9.47 Å². The average molecular weight is 404 g/mol. The highest BCUT2D eigenvalue weighted by atomic mass is 35.5. The van der Waals surface area contributed by atoms with Crippen LogP contribution in [0.25, 0.3) is 0 Å². The topological polar surface area (TPSA) is 62.2 Å². The molecule has 2 aliphatic heterocycles. The fourth-order valence-corrected chi connectivity index (χ4v) is 4.44. The number of rotatable bonds is 4. The molecule has 2 heterocycles. The maximum Gasteiger partial charge on any atom is 0.126 e. The molecule has 0 aromatic heterocycles. The van der Waals surface area contributed by atoms with Gasteiger partial charge in [0.2, 0.25) is 0 Å². The summed E-state index contributed by atoms with van der Waals surface area (Å²) in [4.78, 5) is 2.25. The van der Waals surface area contributed by atoms with Gasteiger partial charge in [0.15, 0.2) is 0 Å². The summed E-state index contributed by atoms with van der Waals surface area (Å²) >= 11 is 6.05. The highest BCUT2D eigenvalue weighted by Crippen LogP contribution is 2.45. The van der Waals surface area contributed by atoms with Crippen molar-refractivity contribution in [3.63, 3.8) is 0 Å². The normalized spacial score (nSPS) is 22.4. The van der Waals surface area contributed by atoms with E-state index in [0.29, 0.717) is 18.0 Å². The van der Waals surface area contributed by atoms with Gasteiger partial charge in [-0.25, -0.2) is 0 Å². The second kappa shape index (κ2) is 7.91. The fourth-order valence-electron chi connectivity index (χ4n) is 4.26. The van der Waals surface area contributed by atoms with Crippen LogP contribution in [0.5, 0.6) is 11.5 Å². The first-order chi connectivity index (χ1) is 13.5. The molecule has 1 spiro atoms. The number of ether oxygens (including phenoxy) is 2. The molecule has 0 amide bonds. The zero-order valence-electron chi connectivity index (χ0n) is 16.0. The summed E-state index contributed by atoms with van der Waals surface area (Å²) < 4.78 is 11.6. The number of fused-ring (bicyclic) bond motifs is 1. The highest BCUT2D eigenvalue weighted by molar-refractivity contribution is 6.30. The third kappa shape index (κ3) is 3.98. The van der Waals surface area contributed by atoms with E-state index in [-0.39, 0.29) is 5.60 Å². The van der Waals surface area contributed by atoms with Gasteiger partial charge in [0, 0.05) is 36.6 Å². The van der Waals surface area contributed by atoms with Crippen molar-refractivity contribution in [1.29, 1.82) is 0 Å². The molecule has 2 atom stereocenters. The van der Waals surface area contributed by atoms with Gasteiger partial charge in [-0.15, -0.1) is 0 Å². The number of aliphatic hydroxyl groups excluding tert-OH is 2. The van der Waals surface area contributed by atoms with Crippen LogP contribution in [0.4, 0.5) is 0 Å². The summed E-state index contributed by atoms with van der Waals surface area (Å²) in [5.74, 6) is 1.48. The minimum absolute atomic E-state index is 0.350. The van der Waals surface area contributed by atoms with E-state index in [4.69, 9.17) is 21.1 Å². The molecule has 4 rings (SSSR count). The smallest absolute Gasteiger partial charge is 0.126 e. The second-order valence-electron chi connectivity index (χ2n) is 7.78. The molecule has 0 bridgehead atoms. The van der Waals surface area contributed by atoms with Gasteiger partial charge in [-0.1, -0.05) is 23.7 Å². The molecular weight excluding hydrogens is 378 g/mol. The molecule has 5 nitrogen and oxygen atoms in total. The Morgan fingerprint density at radius 2 is 2.04 bits per heavy atom. The summed E-state index contributed by atoms with van der Waals surface area (Å²) in [5, 5.41) is 21.8. The lowest BCUT2D eigenvalue weighted by molar-refractivity contribution is -0.0587. The Bertz CT molecular complexity index is 835. The lowest BCUT2D eigenvalue weighted by Gasteiger charge is -2.46. The van der Waals surface area contributed by atoms with Gasteiger partial charge in [0.05, 0.1) is 19.3 Å². The lowest BCUT2D eigenvalue weighted by Crippen LogP contribution is -2.51. The van der Waals surface area contributed by atoms with Gasteiger partial charge < -0.3 is 24.6 Å². The van der Waals surface area contributed by atoms with Crippen LogP contribution in [-0.2, 0) is 0 Å². The van der Waals surface area contributed by atoms with Crippen molar-refractivity contribution in [1.82, 2.24) is 4.90 Å². The molecule has 150 valence electrons. The Hall–Kier alpha value is -1.79. The molecule has 2 N–H and O–H groups in total. The van der Waals surface area contributed by atoms with Crippen molar-refractivity contribution in [2.45, 2.75) is 37.1 Å². The van der Waals surface area contributed by atoms with E-state index in [1.54, 1.807) is 19.2 Å². The first-order valence-corrected chi connectivity index (χ1v) is 10.1. The van der Waals surface area contributed by atoms with E-state index in [1.807, 2.05) is 30.3 Å². The summed E-state index contributed by atoms with van der Waals surface area (Å²) in [6.07, 6.45) is 1.09. The summed E-state index contributed by atoms with van der Waals surface area (Å²) in [7, 11) is 1.63. The predicted molar refractivity (Wildman–Crippen MR) is 108 cm³/mol. The zero-order valence-corrected chi connectivity index (χ0v) is 16.7. The maximum atomic E-state index is 10.6. The van der Waals surface area contributed by atoms with Crippen molar-refractivity contribution in [3.05, 3.63) is 58.6 Å². The van der Waals surface area contributed by atoms with Crippen LogP contribution in [0.1, 0.15) is 42.6 Å². The average Bonchev–Trinajstić information content (AvgIpc) is 2.70. The molecule has 1 saturated heterocycles.